The van der Waals surface area contributed by atoms with Gasteiger partial charge in [0.1, 0.15) is 36.3 Å². The van der Waals surface area contributed by atoms with Crippen molar-refractivity contribution in [3.8, 4) is 17.2 Å². The van der Waals surface area contributed by atoms with E-state index in [1.807, 2.05) is 0 Å². The topological polar surface area (TPSA) is 71.1 Å². The molecule has 2 rings (SSSR count). The van der Waals surface area contributed by atoms with E-state index in [9.17, 15) is 22.8 Å². The number of alkyl halides is 4. The third-order valence-electron chi connectivity index (χ3n) is 3.59. The lowest BCUT2D eigenvalue weighted by Crippen LogP contribution is -2.27. The monoisotopic (exact) mass is 446 g/mol. The summed E-state index contributed by atoms with van der Waals surface area (Å²) in [4.78, 5) is 22.7. The lowest BCUT2D eigenvalue weighted by atomic mass is 10.2. The van der Waals surface area contributed by atoms with Crippen LogP contribution in [0.1, 0.15) is 12.5 Å². The van der Waals surface area contributed by atoms with Crippen molar-refractivity contribution in [3.05, 3.63) is 54.1 Å². The van der Waals surface area contributed by atoms with Crippen LogP contribution in [0.3, 0.4) is 0 Å². The summed E-state index contributed by atoms with van der Waals surface area (Å²) in [5.74, 6) is -0.584. The second-order valence-electron chi connectivity index (χ2n) is 5.88. The Morgan fingerprint density at radius 2 is 1.40 bits per heavy atom. The smallest absolute Gasteiger partial charge is 0.416 e. The molecule has 30 heavy (non-hydrogen) atoms. The molecule has 0 aliphatic rings. The zero-order valence-electron chi connectivity index (χ0n) is 15.8. The summed E-state index contributed by atoms with van der Waals surface area (Å²) in [6, 6.07) is 10.4. The summed E-state index contributed by atoms with van der Waals surface area (Å²) in [5, 5.41) is 0. The molecule has 0 aliphatic carbocycles. The van der Waals surface area contributed by atoms with Crippen LogP contribution in [0.25, 0.3) is 0 Å². The van der Waals surface area contributed by atoms with Crippen LogP contribution in [0.4, 0.5) is 13.2 Å². The van der Waals surface area contributed by atoms with E-state index in [4.69, 9.17) is 25.8 Å². The van der Waals surface area contributed by atoms with Crippen LogP contribution in [-0.2, 0) is 25.2 Å². The number of benzene rings is 2. The first kappa shape index (κ1) is 23.3. The van der Waals surface area contributed by atoms with Gasteiger partial charge in [-0.05, 0) is 55.5 Å². The predicted molar refractivity (Wildman–Crippen MR) is 101 cm³/mol. The van der Waals surface area contributed by atoms with E-state index in [1.54, 1.807) is 0 Å². The van der Waals surface area contributed by atoms with Gasteiger partial charge in [0.15, 0.2) is 6.10 Å². The molecule has 2 aromatic carbocycles. The van der Waals surface area contributed by atoms with Gasteiger partial charge in [-0.3, -0.25) is 4.79 Å². The number of carbonyl (C=O) groups excluding carboxylic acids is 2. The standard InChI is InChI=1S/C20H18ClF3O6/c1-13(19(26)28-11-10-27-18(25)12-21)29-15-6-8-17(9-7-15)30-16-4-2-14(3-5-16)20(22,23)24/h2-9,13H,10-12H2,1H3. The van der Waals surface area contributed by atoms with E-state index in [-0.39, 0.29) is 24.8 Å². The molecule has 0 N–H and O–H groups in total. The lowest BCUT2D eigenvalue weighted by molar-refractivity contribution is -0.156. The van der Waals surface area contributed by atoms with Gasteiger partial charge in [0, 0.05) is 0 Å². The van der Waals surface area contributed by atoms with Crippen LogP contribution in [0, 0.1) is 0 Å². The number of ether oxygens (including phenoxy) is 4. The van der Waals surface area contributed by atoms with Crippen LogP contribution >= 0.6 is 11.6 Å². The first-order chi connectivity index (χ1) is 14.2. The molecule has 0 saturated carbocycles. The lowest BCUT2D eigenvalue weighted by Gasteiger charge is -2.14. The highest BCUT2D eigenvalue weighted by atomic mass is 35.5. The first-order valence-electron chi connectivity index (χ1n) is 8.69. The van der Waals surface area contributed by atoms with E-state index >= 15 is 0 Å². The molecule has 1 atom stereocenters. The average Bonchev–Trinajstić information content (AvgIpc) is 2.72. The van der Waals surface area contributed by atoms with Gasteiger partial charge >= 0.3 is 18.1 Å². The Morgan fingerprint density at radius 1 is 0.900 bits per heavy atom. The molecule has 162 valence electrons. The third-order valence-corrected chi connectivity index (χ3v) is 3.80. The van der Waals surface area contributed by atoms with Crippen molar-refractivity contribution in [2.24, 2.45) is 0 Å². The van der Waals surface area contributed by atoms with Crippen molar-refractivity contribution in [1.82, 2.24) is 0 Å². The average molecular weight is 447 g/mol. The highest BCUT2D eigenvalue weighted by Gasteiger charge is 2.30. The summed E-state index contributed by atoms with van der Waals surface area (Å²) in [6.07, 6.45) is -5.33. The quantitative estimate of drug-likeness (QED) is 0.319. The van der Waals surface area contributed by atoms with Crippen molar-refractivity contribution < 1.29 is 41.7 Å². The van der Waals surface area contributed by atoms with E-state index in [2.05, 4.69) is 4.74 Å². The maximum Gasteiger partial charge on any atom is 0.416 e. The number of carbonyl (C=O) groups is 2. The summed E-state index contributed by atoms with van der Waals surface area (Å²) in [7, 11) is 0. The van der Waals surface area contributed by atoms with Crippen molar-refractivity contribution in [3.63, 3.8) is 0 Å². The summed E-state index contributed by atoms with van der Waals surface area (Å²) >= 11 is 5.26. The normalized spacial score (nSPS) is 12.0. The fraction of sp³-hybridized carbons (Fsp3) is 0.300. The van der Waals surface area contributed by atoms with Gasteiger partial charge in [-0.2, -0.15) is 13.2 Å². The molecule has 0 aromatic heterocycles. The number of hydrogen-bond donors (Lipinski definition) is 0. The van der Waals surface area contributed by atoms with Crippen LogP contribution < -0.4 is 9.47 Å². The molecule has 10 heteroatoms. The van der Waals surface area contributed by atoms with Gasteiger partial charge in [-0.25, -0.2) is 4.79 Å². The second-order valence-corrected chi connectivity index (χ2v) is 6.14. The van der Waals surface area contributed by atoms with Gasteiger partial charge in [0.2, 0.25) is 0 Å². The first-order valence-corrected chi connectivity index (χ1v) is 9.22. The van der Waals surface area contributed by atoms with Crippen LogP contribution in [0.15, 0.2) is 48.5 Å². The SMILES string of the molecule is CC(Oc1ccc(Oc2ccc(C(F)(F)F)cc2)cc1)C(=O)OCCOC(=O)CCl. The van der Waals surface area contributed by atoms with E-state index in [1.165, 1.54) is 43.3 Å². The van der Waals surface area contributed by atoms with Crippen molar-refractivity contribution in [1.29, 1.82) is 0 Å². The zero-order chi connectivity index (χ0) is 22.1. The number of hydrogen-bond acceptors (Lipinski definition) is 6. The van der Waals surface area contributed by atoms with E-state index in [0.29, 0.717) is 11.5 Å². The molecule has 0 heterocycles. The molecule has 0 bridgehead atoms. The van der Waals surface area contributed by atoms with Gasteiger partial charge in [-0.15, -0.1) is 11.6 Å². The minimum absolute atomic E-state index is 0.111. The number of halogens is 4. The Bertz CT molecular complexity index is 837. The molecular formula is C20H18ClF3O6. The number of rotatable bonds is 9. The van der Waals surface area contributed by atoms with Gasteiger partial charge < -0.3 is 18.9 Å². The minimum Gasteiger partial charge on any atom is -0.479 e. The minimum atomic E-state index is -4.41. The Morgan fingerprint density at radius 3 is 1.93 bits per heavy atom. The van der Waals surface area contributed by atoms with Crippen molar-refractivity contribution in [2.45, 2.75) is 19.2 Å². The van der Waals surface area contributed by atoms with Crippen molar-refractivity contribution >= 4 is 23.5 Å². The molecule has 0 amide bonds. The fourth-order valence-electron chi connectivity index (χ4n) is 2.14. The summed E-state index contributed by atoms with van der Waals surface area (Å²) in [6.45, 7) is 1.24. The van der Waals surface area contributed by atoms with Crippen LogP contribution in [0.5, 0.6) is 17.2 Å². The molecule has 0 radical (unpaired) electrons. The summed E-state index contributed by atoms with van der Waals surface area (Å²) < 4.78 is 58.2. The second kappa shape index (κ2) is 10.7. The Labute approximate surface area is 175 Å². The molecule has 6 nitrogen and oxygen atoms in total. The largest absolute Gasteiger partial charge is 0.479 e. The van der Waals surface area contributed by atoms with Gasteiger partial charge in [-0.1, -0.05) is 0 Å². The van der Waals surface area contributed by atoms with E-state index in [0.717, 1.165) is 12.1 Å². The summed E-state index contributed by atoms with van der Waals surface area (Å²) in [5.41, 5.74) is -0.767. The zero-order valence-corrected chi connectivity index (χ0v) is 16.5. The maximum absolute atomic E-state index is 12.6. The molecule has 0 saturated heterocycles. The van der Waals surface area contributed by atoms with Crippen molar-refractivity contribution in [2.75, 3.05) is 19.1 Å². The Balaban J connectivity index is 1.82. The highest BCUT2D eigenvalue weighted by molar-refractivity contribution is 6.26. The van der Waals surface area contributed by atoms with E-state index < -0.39 is 29.8 Å². The molecule has 0 aliphatic heterocycles. The van der Waals surface area contributed by atoms with Gasteiger partial charge in [0.05, 0.1) is 5.56 Å². The third kappa shape index (κ3) is 7.47. The number of esters is 2. The Kier molecular flexibility index (Phi) is 8.35. The predicted octanol–water partition coefficient (Wildman–Crippen LogP) is 4.59. The molecule has 0 spiro atoms. The molecule has 0 fully saturated rings. The van der Waals surface area contributed by atoms with Crippen LogP contribution in [0.2, 0.25) is 0 Å². The van der Waals surface area contributed by atoms with Gasteiger partial charge in [0.25, 0.3) is 0 Å². The molecule has 2 aromatic rings. The molecular weight excluding hydrogens is 429 g/mol. The fourth-order valence-corrected chi connectivity index (χ4v) is 2.22. The Hall–Kier alpha value is -2.94. The maximum atomic E-state index is 12.6. The highest BCUT2D eigenvalue weighted by Crippen LogP contribution is 2.31. The molecule has 1 unspecified atom stereocenters. The van der Waals surface area contributed by atoms with Crippen LogP contribution in [-0.4, -0.2) is 37.1 Å².